The molecule has 0 fully saturated rings. The molecule has 0 aromatic heterocycles. The lowest BCUT2D eigenvalue weighted by Crippen LogP contribution is -2.17. The second-order valence-corrected chi connectivity index (χ2v) is 7.62. The fourth-order valence-corrected chi connectivity index (χ4v) is 4.27. The van der Waals surface area contributed by atoms with Crippen molar-refractivity contribution in [1.82, 2.24) is 0 Å². The van der Waals surface area contributed by atoms with E-state index >= 15 is 0 Å². The Kier molecular flexibility index (Phi) is 6.72. The van der Waals surface area contributed by atoms with Gasteiger partial charge < -0.3 is 5.32 Å². The van der Waals surface area contributed by atoms with E-state index in [1.807, 2.05) is 55.5 Å². The summed E-state index contributed by atoms with van der Waals surface area (Å²) in [6, 6.07) is 26.9. The highest BCUT2D eigenvalue weighted by molar-refractivity contribution is 8.00. The predicted octanol–water partition coefficient (Wildman–Crippen LogP) is 6.02. The molecule has 0 bridgehead atoms. The lowest BCUT2D eigenvalue weighted by Gasteiger charge is -2.18. The number of rotatable bonds is 7. The van der Waals surface area contributed by atoms with Crippen LogP contribution in [0.4, 0.5) is 5.69 Å². The van der Waals surface area contributed by atoms with E-state index in [0.29, 0.717) is 5.75 Å². The highest BCUT2D eigenvalue weighted by atomic mass is 32.2. The van der Waals surface area contributed by atoms with Crippen molar-refractivity contribution in [1.29, 1.82) is 0 Å². The fraction of sp³-hybridized carbons (Fsp3) is 0.208. The van der Waals surface area contributed by atoms with Gasteiger partial charge in [0, 0.05) is 5.69 Å². The van der Waals surface area contributed by atoms with Crippen LogP contribution in [0.25, 0.3) is 0 Å². The Bertz CT molecular complexity index is 838. The van der Waals surface area contributed by atoms with Gasteiger partial charge in [-0.1, -0.05) is 85.8 Å². The van der Waals surface area contributed by atoms with Crippen molar-refractivity contribution in [2.24, 2.45) is 0 Å². The predicted molar refractivity (Wildman–Crippen MR) is 116 cm³/mol. The Morgan fingerprint density at radius 1 is 0.889 bits per heavy atom. The summed E-state index contributed by atoms with van der Waals surface area (Å²) in [5, 5.41) is 3.27. The average molecular weight is 376 g/mol. The number of carbonyl (C=O) groups excluding carboxylic acids is 1. The van der Waals surface area contributed by atoms with Crippen LogP contribution in [-0.2, 0) is 11.2 Å². The monoisotopic (exact) mass is 375 g/mol. The van der Waals surface area contributed by atoms with Crippen molar-refractivity contribution in [3.63, 3.8) is 0 Å². The number of hydrogen-bond donors (Lipinski definition) is 1. The van der Waals surface area contributed by atoms with E-state index in [4.69, 9.17) is 0 Å². The summed E-state index contributed by atoms with van der Waals surface area (Å²) in [5.41, 5.74) is 5.67. The number of thioether (sulfide) groups is 1. The molecule has 1 amide bonds. The van der Waals surface area contributed by atoms with Gasteiger partial charge in [-0.2, -0.15) is 0 Å². The highest BCUT2D eigenvalue weighted by Gasteiger charge is 2.17. The van der Waals surface area contributed by atoms with Crippen LogP contribution in [0.2, 0.25) is 0 Å². The van der Waals surface area contributed by atoms with E-state index < -0.39 is 0 Å². The Morgan fingerprint density at radius 2 is 1.48 bits per heavy atom. The number of para-hydroxylation sites is 1. The summed E-state index contributed by atoms with van der Waals surface area (Å²) >= 11 is 1.66. The maximum atomic E-state index is 12.7. The largest absolute Gasteiger partial charge is 0.325 e. The third-order valence-electron chi connectivity index (χ3n) is 4.59. The molecule has 0 unspecified atom stereocenters. The molecule has 27 heavy (non-hydrogen) atoms. The van der Waals surface area contributed by atoms with Gasteiger partial charge in [0.25, 0.3) is 0 Å². The van der Waals surface area contributed by atoms with Crippen LogP contribution in [0, 0.1) is 6.92 Å². The fourth-order valence-electron chi connectivity index (χ4n) is 3.18. The first-order chi connectivity index (χ1) is 13.2. The SMILES string of the molecule is CCc1cccc(C)c1NC(=O)CSC(c1ccccc1)c1ccccc1. The van der Waals surface area contributed by atoms with Gasteiger partial charge >= 0.3 is 0 Å². The maximum absolute atomic E-state index is 12.7. The first-order valence-corrected chi connectivity index (χ1v) is 10.3. The standard InChI is InChI=1S/C24H25NOS/c1-3-19-16-10-11-18(2)23(19)25-22(26)17-27-24(20-12-6-4-7-13-20)21-14-8-5-9-15-21/h4-16,24H,3,17H2,1-2H3,(H,25,26). The first-order valence-electron chi connectivity index (χ1n) is 9.29. The number of hydrogen-bond acceptors (Lipinski definition) is 2. The highest BCUT2D eigenvalue weighted by Crippen LogP contribution is 2.35. The molecule has 0 spiro atoms. The Hall–Kier alpha value is -2.52. The van der Waals surface area contributed by atoms with Crippen molar-refractivity contribution in [2.75, 3.05) is 11.1 Å². The molecule has 3 heteroatoms. The molecule has 0 aliphatic heterocycles. The molecule has 3 aromatic rings. The van der Waals surface area contributed by atoms with Crippen LogP contribution in [0.1, 0.15) is 34.4 Å². The summed E-state index contributed by atoms with van der Waals surface area (Å²) in [7, 11) is 0. The number of amides is 1. The van der Waals surface area contributed by atoms with E-state index in [1.165, 1.54) is 16.7 Å². The van der Waals surface area contributed by atoms with Crippen LogP contribution in [-0.4, -0.2) is 11.7 Å². The molecule has 1 N–H and O–H groups in total. The molecule has 3 aromatic carbocycles. The maximum Gasteiger partial charge on any atom is 0.234 e. The summed E-state index contributed by atoms with van der Waals surface area (Å²) in [6.07, 6.45) is 0.904. The number of benzene rings is 3. The quantitative estimate of drug-likeness (QED) is 0.547. The summed E-state index contributed by atoms with van der Waals surface area (Å²) in [6.45, 7) is 4.15. The zero-order valence-corrected chi connectivity index (χ0v) is 16.6. The minimum atomic E-state index is 0.0425. The van der Waals surface area contributed by atoms with Gasteiger partial charge in [-0.25, -0.2) is 0 Å². The second kappa shape index (κ2) is 9.43. The molecule has 0 radical (unpaired) electrons. The van der Waals surface area contributed by atoms with Crippen LogP contribution in [0.15, 0.2) is 78.9 Å². The molecule has 0 aliphatic rings. The minimum Gasteiger partial charge on any atom is -0.325 e. The Labute approximate surface area is 166 Å². The molecule has 0 saturated heterocycles. The van der Waals surface area contributed by atoms with Crippen molar-refractivity contribution in [2.45, 2.75) is 25.5 Å². The third-order valence-corrected chi connectivity index (χ3v) is 5.90. The van der Waals surface area contributed by atoms with E-state index in [9.17, 15) is 4.79 Å². The van der Waals surface area contributed by atoms with Crippen LogP contribution in [0.3, 0.4) is 0 Å². The van der Waals surface area contributed by atoms with E-state index in [-0.39, 0.29) is 11.2 Å². The van der Waals surface area contributed by atoms with Crippen molar-refractivity contribution in [3.8, 4) is 0 Å². The average Bonchev–Trinajstić information content (AvgIpc) is 2.71. The van der Waals surface area contributed by atoms with Gasteiger partial charge in [0.05, 0.1) is 11.0 Å². The molecular formula is C24H25NOS. The summed E-state index contributed by atoms with van der Waals surface area (Å²) in [5.74, 6) is 0.451. The molecule has 0 aliphatic carbocycles. The Balaban J connectivity index is 1.74. The molecular weight excluding hydrogens is 350 g/mol. The molecule has 0 saturated carbocycles. The summed E-state index contributed by atoms with van der Waals surface area (Å²) in [4.78, 5) is 12.7. The van der Waals surface area contributed by atoms with Crippen LogP contribution < -0.4 is 5.32 Å². The van der Waals surface area contributed by atoms with E-state index in [1.54, 1.807) is 11.8 Å². The van der Waals surface area contributed by atoms with E-state index in [0.717, 1.165) is 17.7 Å². The van der Waals surface area contributed by atoms with Gasteiger partial charge in [-0.05, 0) is 35.6 Å². The number of anilines is 1. The Morgan fingerprint density at radius 3 is 2.04 bits per heavy atom. The van der Waals surface area contributed by atoms with Crippen LogP contribution >= 0.6 is 11.8 Å². The second-order valence-electron chi connectivity index (χ2n) is 6.52. The molecule has 138 valence electrons. The number of nitrogens with one attached hydrogen (secondary N) is 1. The van der Waals surface area contributed by atoms with Gasteiger partial charge in [0.15, 0.2) is 0 Å². The lowest BCUT2D eigenvalue weighted by atomic mass is 10.0. The van der Waals surface area contributed by atoms with E-state index in [2.05, 4.69) is 42.6 Å². The van der Waals surface area contributed by atoms with Gasteiger partial charge in [0.1, 0.15) is 0 Å². The van der Waals surface area contributed by atoms with Crippen molar-refractivity contribution < 1.29 is 4.79 Å². The topological polar surface area (TPSA) is 29.1 Å². The van der Waals surface area contributed by atoms with Gasteiger partial charge in [-0.15, -0.1) is 11.8 Å². The first kappa shape index (κ1) is 19.2. The number of carbonyl (C=O) groups is 1. The molecule has 0 heterocycles. The van der Waals surface area contributed by atoms with Gasteiger partial charge in [0.2, 0.25) is 5.91 Å². The zero-order valence-electron chi connectivity index (χ0n) is 15.8. The molecule has 3 rings (SSSR count). The minimum absolute atomic E-state index is 0.0425. The molecule has 2 nitrogen and oxygen atoms in total. The normalized spacial score (nSPS) is 10.8. The zero-order chi connectivity index (χ0) is 19.1. The smallest absolute Gasteiger partial charge is 0.234 e. The van der Waals surface area contributed by atoms with Crippen molar-refractivity contribution in [3.05, 3.63) is 101 Å². The van der Waals surface area contributed by atoms with Crippen molar-refractivity contribution >= 4 is 23.4 Å². The van der Waals surface area contributed by atoms with Crippen LogP contribution in [0.5, 0.6) is 0 Å². The summed E-state index contributed by atoms with van der Waals surface area (Å²) < 4.78 is 0. The van der Waals surface area contributed by atoms with Gasteiger partial charge in [-0.3, -0.25) is 4.79 Å². The number of aryl methyl sites for hydroxylation is 2. The molecule has 0 atom stereocenters. The third kappa shape index (κ3) is 5.01. The lowest BCUT2D eigenvalue weighted by molar-refractivity contribution is -0.113.